The van der Waals surface area contributed by atoms with E-state index in [1.54, 1.807) is 0 Å². The fraction of sp³-hybridized carbons (Fsp3) is 0.556. The summed E-state index contributed by atoms with van der Waals surface area (Å²) in [7, 11) is 0. The second-order valence-electron chi connectivity index (χ2n) is 6.21. The minimum absolute atomic E-state index is 0.146. The van der Waals surface area contributed by atoms with Crippen LogP contribution in [0.5, 0.6) is 0 Å². The summed E-state index contributed by atoms with van der Waals surface area (Å²) in [6, 6.07) is 9.62. The minimum Gasteiger partial charge on any atom is -0.345 e. The van der Waals surface area contributed by atoms with Crippen LogP contribution in [0.15, 0.2) is 30.3 Å². The molecule has 1 aromatic rings. The molecule has 1 aliphatic carbocycles. The Bertz CT molecular complexity index is 493. The summed E-state index contributed by atoms with van der Waals surface area (Å²) in [4.78, 5) is 24.0. The molecule has 0 aromatic heterocycles. The van der Waals surface area contributed by atoms with Crippen molar-refractivity contribution in [1.29, 1.82) is 0 Å². The molecule has 0 bridgehead atoms. The van der Waals surface area contributed by atoms with Crippen LogP contribution in [0.2, 0.25) is 0 Å². The van der Waals surface area contributed by atoms with Gasteiger partial charge in [-0.25, -0.2) is 0 Å². The zero-order valence-corrected chi connectivity index (χ0v) is 13.5. The molecule has 0 spiro atoms. The van der Waals surface area contributed by atoms with Gasteiger partial charge >= 0.3 is 11.8 Å². The Balaban J connectivity index is 1.79. The topological polar surface area (TPSA) is 58.2 Å². The molecule has 0 heterocycles. The van der Waals surface area contributed by atoms with Gasteiger partial charge < -0.3 is 10.6 Å². The van der Waals surface area contributed by atoms with Crippen molar-refractivity contribution >= 4 is 11.8 Å². The first-order chi connectivity index (χ1) is 10.6. The lowest BCUT2D eigenvalue weighted by atomic mass is 9.84. The van der Waals surface area contributed by atoms with Crippen LogP contribution in [0.1, 0.15) is 57.6 Å². The lowest BCUT2D eigenvalue weighted by molar-refractivity contribution is -0.140. The van der Waals surface area contributed by atoms with Crippen LogP contribution in [-0.4, -0.2) is 17.9 Å². The average Bonchev–Trinajstić information content (AvgIpc) is 2.56. The Hall–Kier alpha value is -1.84. The van der Waals surface area contributed by atoms with E-state index in [9.17, 15) is 9.59 Å². The Morgan fingerprint density at radius 1 is 1.09 bits per heavy atom. The standard InChI is InChI=1S/C18H26N2O2/c1-3-14-9-11-16(12-10-14)20-18(22)17(21)19-13(2)15-7-5-4-6-8-15/h4-8,13-14,16H,3,9-12H2,1-2H3,(H,19,21)(H,20,22)/t13-,14?,16?/m0/s1. The molecule has 0 saturated heterocycles. The largest absolute Gasteiger partial charge is 0.345 e. The summed E-state index contributed by atoms with van der Waals surface area (Å²) in [6.07, 6.45) is 5.44. The van der Waals surface area contributed by atoms with Crippen LogP contribution in [0, 0.1) is 5.92 Å². The molecule has 22 heavy (non-hydrogen) atoms. The molecule has 1 fully saturated rings. The number of carbonyl (C=O) groups is 2. The normalized spacial score (nSPS) is 22.6. The summed E-state index contributed by atoms with van der Waals surface area (Å²) in [5.74, 6) is -0.281. The van der Waals surface area contributed by atoms with Crippen molar-refractivity contribution in [2.24, 2.45) is 5.92 Å². The molecule has 0 radical (unpaired) electrons. The summed E-state index contributed by atoms with van der Waals surface area (Å²) >= 11 is 0. The van der Waals surface area contributed by atoms with Crippen LogP contribution >= 0.6 is 0 Å². The zero-order chi connectivity index (χ0) is 15.9. The summed E-state index contributed by atoms with van der Waals surface area (Å²) < 4.78 is 0. The summed E-state index contributed by atoms with van der Waals surface area (Å²) in [6.45, 7) is 4.09. The minimum atomic E-state index is -0.547. The van der Waals surface area contributed by atoms with Gasteiger partial charge in [0, 0.05) is 6.04 Å². The smallest absolute Gasteiger partial charge is 0.309 e. The molecule has 2 amide bonds. The highest BCUT2D eigenvalue weighted by atomic mass is 16.2. The van der Waals surface area contributed by atoms with Gasteiger partial charge in [-0.15, -0.1) is 0 Å². The van der Waals surface area contributed by atoms with Crippen molar-refractivity contribution in [1.82, 2.24) is 10.6 Å². The number of nitrogens with one attached hydrogen (secondary N) is 2. The Morgan fingerprint density at radius 2 is 1.73 bits per heavy atom. The maximum atomic E-state index is 12.0. The maximum absolute atomic E-state index is 12.0. The molecule has 4 nitrogen and oxygen atoms in total. The maximum Gasteiger partial charge on any atom is 0.309 e. The van der Waals surface area contributed by atoms with Crippen molar-refractivity contribution in [2.75, 3.05) is 0 Å². The van der Waals surface area contributed by atoms with Gasteiger partial charge in [-0.05, 0) is 44.1 Å². The van der Waals surface area contributed by atoms with E-state index in [0.717, 1.165) is 37.2 Å². The first kappa shape index (κ1) is 16.5. The van der Waals surface area contributed by atoms with Crippen LogP contribution in [-0.2, 0) is 9.59 Å². The second kappa shape index (κ2) is 7.97. The second-order valence-corrected chi connectivity index (χ2v) is 6.21. The molecule has 1 aliphatic rings. The van der Waals surface area contributed by atoms with E-state index in [-0.39, 0.29) is 12.1 Å². The monoisotopic (exact) mass is 302 g/mol. The van der Waals surface area contributed by atoms with E-state index >= 15 is 0 Å². The zero-order valence-electron chi connectivity index (χ0n) is 13.5. The lowest BCUT2D eigenvalue weighted by Gasteiger charge is -2.28. The SMILES string of the molecule is CCC1CCC(NC(=O)C(=O)N[C@@H](C)c2ccccc2)CC1. The third-order valence-corrected chi connectivity index (χ3v) is 4.61. The molecule has 0 aliphatic heterocycles. The number of carbonyl (C=O) groups excluding carboxylic acids is 2. The Labute approximate surface area is 132 Å². The van der Waals surface area contributed by atoms with Crippen molar-refractivity contribution < 1.29 is 9.59 Å². The highest BCUT2D eigenvalue weighted by Crippen LogP contribution is 2.26. The van der Waals surface area contributed by atoms with E-state index in [1.165, 1.54) is 6.42 Å². The molecule has 2 rings (SSSR count). The number of amides is 2. The Kier molecular flexibility index (Phi) is 5.99. The highest BCUT2D eigenvalue weighted by molar-refractivity contribution is 6.35. The molecular weight excluding hydrogens is 276 g/mol. The molecule has 4 heteroatoms. The van der Waals surface area contributed by atoms with Crippen molar-refractivity contribution in [2.45, 2.75) is 58.0 Å². The van der Waals surface area contributed by atoms with Gasteiger partial charge in [0.2, 0.25) is 0 Å². The molecule has 1 aromatic carbocycles. The van der Waals surface area contributed by atoms with E-state index in [0.29, 0.717) is 0 Å². The summed E-state index contributed by atoms with van der Waals surface area (Å²) in [5.41, 5.74) is 0.993. The van der Waals surface area contributed by atoms with Gasteiger partial charge in [-0.3, -0.25) is 9.59 Å². The molecule has 2 N–H and O–H groups in total. The van der Waals surface area contributed by atoms with Gasteiger partial charge in [-0.1, -0.05) is 43.7 Å². The molecular formula is C18H26N2O2. The van der Waals surface area contributed by atoms with E-state index in [2.05, 4.69) is 17.6 Å². The molecule has 120 valence electrons. The molecule has 1 atom stereocenters. The van der Waals surface area contributed by atoms with Crippen LogP contribution in [0.4, 0.5) is 0 Å². The van der Waals surface area contributed by atoms with Gasteiger partial charge in [0.1, 0.15) is 0 Å². The highest BCUT2D eigenvalue weighted by Gasteiger charge is 2.24. The predicted octanol–water partition coefficient (Wildman–Crippen LogP) is 2.95. The summed E-state index contributed by atoms with van der Waals surface area (Å²) in [5, 5.41) is 5.62. The van der Waals surface area contributed by atoms with Crippen LogP contribution in [0.25, 0.3) is 0 Å². The first-order valence-corrected chi connectivity index (χ1v) is 8.26. The van der Waals surface area contributed by atoms with Gasteiger partial charge in [0.25, 0.3) is 0 Å². The number of hydrogen-bond donors (Lipinski definition) is 2. The van der Waals surface area contributed by atoms with E-state index in [4.69, 9.17) is 0 Å². The predicted molar refractivity (Wildman–Crippen MR) is 87.2 cm³/mol. The fourth-order valence-corrected chi connectivity index (χ4v) is 3.05. The third kappa shape index (κ3) is 4.58. The fourth-order valence-electron chi connectivity index (χ4n) is 3.05. The quantitative estimate of drug-likeness (QED) is 0.840. The third-order valence-electron chi connectivity index (χ3n) is 4.61. The molecule has 0 unspecified atom stereocenters. The number of hydrogen-bond acceptors (Lipinski definition) is 2. The Morgan fingerprint density at radius 3 is 2.32 bits per heavy atom. The van der Waals surface area contributed by atoms with Crippen molar-refractivity contribution in [3.05, 3.63) is 35.9 Å². The van der Waals surface area contributed by atoms with E-state index in [1.807, 2.05) is 37.3 Å². The average molecular weight is 302 g/mol. The number of benzene rings is 1. The van der Waals surface area contributed by atoms with Gasteiger partial charge in [-0.2, -0.15) is 0 Å². The van der Waals surface area contributed by atoms with Crippen molar-refractivity contribution in [3.8, 4) is 0 Å². The van der Waals surface area contributed by atoms with E-state index < -0.39 is 11.8 Å². The first-order valence-electron chi connectivity index (χ1n) is 8.26. The number of rotatable bonds is 4. The van der Waals surface area contributed by atoms with Crippen LogP contribution < -0.4 is 10.6 Å². The van der Waals surface area contributed by atoms with Crippen molar-refractivity contribution in [3.63, 3.8) is 0 Å². The van der Waals surface area contributed by atoms with Crippen LogP contribution in [0.3, 0.4) is 0 Å². The molecule has 1 saturated carbocycles. The lowest BCUT2D eigenvalue weighted by Crippen LogP contribution is -2.46. The van der Waals surface area contributed by atoms with Gasteiger partial charge in [0.15, 0.2) is 0 Å². The van der Waals surface area contributed by atoms with Gasteiger partial charge in [0.05, 0.1) is 6.04 Å².